The molecule has 0 aliphatic heterocycles. The fraction of sp³-hybridized carbons (Fsp3) is 0.125. The van der Waals surface area contributed by atoms with E-state index in [-0.39, 0.29) is 10.4 Å². The van der Waals surface area contributed by atoms with Crippen LogP contribution in [0.15, 0.2) is 24.3 Å². The van der Waals surface area contributed by atoms with Crippen LogP contribution in [0, 0.1) is 5.21 Å². The maximum absolute atomic E-state index is 12.1. The molecule has 0 atom stereocenters. The quantitative estimate of drug-likeness (QED) is 0.288. The first-order valence-electron chi connectivity index (χ1n) is 3.36. The first-order chi connectivity index (χ1) is 5.91. The van der Waals surface area contributed by atoms with Gasteiger partial charge in [-0.3, -0.25) is 0 Å². The van der Waals surface area contributed by atoms with E-state index >= 15 is 0 Å². The molecule has 1 rings (SSSR count). The fourth-order valence-corrected chi connectivity index (χ4v) is 0.837. The molecule has 5 heteroatoms. The molecule has 0 radical (unpaired) electrons. The fourth-order valence-electron chi connectivity index (χ4n) is 0.837. The van der Waals surface area contributed by atoms with Crippen molar-refractivity contribution in [1.29, 1.82) is 0 Å². The summed E-state index contributed by atoms with van der Waals surface area (Å²) in [5.74, 6) is 0. The predicted octanol–water partition coefficient (Wildman–Crippen LogP) is 2.55. The number of benzene rings is 1. The molecular weight excluding hydrogens is 183 g/mol. The summed E-state index contributed by atoms with van der Waals surface area (Å²) in [6, 6.07) is 4.07. The zero-order valence-electron chi connectivity index (χ0n) is 6.51. The molecule has 2 nitrogen and oxygen atoms in total. The Morgan fingerprint density at radius 3 is 2.38 bits per heavy atom. The minimum Gasteiger partial charge on any atom is -0.619 e. The maximum Gasteiger partial charge on any atom is 0.416 e. The molecule has 0 aliphatic rings. The van der Waals surface area contributed by atoms with Crippen LogP contribution >= 0.6 is 0 Å². The molecule has 0 unspecified atom stereocenters. The Morgan fingerprint density at radius 2 is 1.92 bits per heavy atom. The van der Waals surface area contributed by atoms with Crippen LogP contribution in [0.4, 0.5) is 18.9 Å². The van der Waals surface area contributed by atoms with Crippen LogP contribution < -0.4 is 0 Å². The number of alkyl halides is 3. The van der Waals surface area contributed by atoms with Gasteiger partial charge in [0, 0.05) is 12.1 Å². The lowest BCUT2D eigenvalue weighted by Crippen LogP contribution is -2.05. The van der Waals surface area contributed by atoms with Crippen LogP contribution in [0.3, 0.4) is 0 Å². The van der Waals surface area contributed by atoms with Crippen molar-refractivity contribution in [3.63, 3.8) is 0 Å². The van der Waals surface area contributed by atoms with E-state index in [1.165, 1.54) is 6.07 Å². The lowest BCUT2D eigenvalue weighted by molar-refractivity contribution is -0.350. The highest BCUT2D eigenvalue weighted by Gasteiger charge is 2.31. The van der Waals surface area contributed by atoms with Crippen LogP contribution in [-0.4, -0.2) is 11.5 Å². The third-order valence-electron chi connectivity index (χ3n) is 1.46. The van der Waals surface area contributed by atoms with Gasteiger partial charge in [0.25, 0.3) is 0 Å². The molecule has 0 spiro atoms. The number of hydrogen-bond acceptors (Lipinski definition) is 1. The van der Waals surface area contributed by atoms with Crippen LogP contribution in [0.5, 0.6) is 0 Å². The Hall–Kier alpha value is -1.52. The Balaban J connectivity index is 3.13. The Morgan fingerprint density at radius 1 is 1.31 bits per heavy atom. The van der Waals surface area contributed by atoms with Gasteiger partial charge in [-0.2, -0.15) is 17.9 Å². The number of hydrogen-bond donors (Lipinski definition) is 0. The summed E-state index contributed by atoms with van der Waals surface area (Å²) in [6.07, 6.45) is -4.42. The van der Waals surface area contributed by atoms with E-state index in [9.17, 15) is 18.4 Å². The maximum atomic E-state index is 12.1. The average molecular weight is 189 g/mol. The summed E-state index contributed by atoms with van der Waals surface area (Å²) in [4.78, 5) is 0. The molecule has 1 aromatic carbocycles. The average Bonchev–Trinajstić information content (AvgIpc) is 2.03. The van der Waals surface area contributed by atoms with E-state index in [0.717, 1.165) is 18.2 Å². The summed E-state index contributed by atoms with van der Waals surface area (Å²) in [7, 11) is 0. The second-order valence-corrected chi connectivity index (χ2v) is 2.43. The molecule has 0 aromatic heterocycles. The van der Waals surface area contributed by atoms with E-state index < -0.39 is 11.7 Å². The van der Waals surface area contributed by atoms with E-state index in [0.29, 0.717) is 0 Å². The summed E-state index contributed by atoms with van der Waals surface area (Å²) >= 11 is 0. The first kappa shape index (κ1) is 9.57. The summed E-state index contributed by atoms with van der Waals surface area (Å²) in [5.41, 5.74) is -0.968. The van der Waals surface area contributed by atoms with Gasteiger partial charge >= 0.3 is 6.18 Å². The highest BCUT2D eigenvalue weighted by Crippen LogP contribution is 2.30. The largest absolute Gasteiger partial charge is 0.619 e. The van der Waals surface area contributed by atoms with Gasteiger partial charge in [0.2, 0.25) is 5.69 Å². The van der Waals surface area contributed by atoms with Crippen molar-refractivity contribution in [3.05, 3.63) is 35.0 Å². The van der Waals surface area contributed by atoms with Crippen molar-refractivity contribution >= 4 is 12.4 Å². The van der Waals surface area contributed by atoms with Crippen molar-refractivity contribution in [1.82, 2.24) is 0 Å². The standard InChI is InChI=1S/C8H6F3NO/c1-12(13)7-4-2-3-6(5-7)8(9,10)11/h2-5H,1H2. The summed E-state index contributed by atoms with van der Waals surface area (Å²) < 4.78 is 36.4. The van der Waals surface area contributed by atoms with Crippen molar-refractivity contribution < 1.29 is 17.9 Å². The van der Waals surface area contributed by atoms with Gasteiger partial charge in [-0.25, -0.2) is 0 Å². The monoisotopic (exact) mass is 189 g/mol. The van der Waals surface area contributed by atoms with Crippen molar-refractivity contribution in [2.75, 3.05) is 0 Å². The molecule has 0 amide bonds. The normalized spacial score (nSPS) is 11.3. The highest BCUT2D eigenvalue weighted by molar-refractivity contribution is 5.38. The number of rotatable bonds is 1. The van der Waals surface area contributed by atoms with Gasteiger partial charge in [0.05, 0.1) is 5.56 Å². The molecule has 70 valence electrons. The lowest BCUT2D eigenvalue weighted by atomic mass is 10.2. The Labute approximate surface area is 72.5 Å². The highest BCUT2D eigenvalue weighted by atomic mass is 19.4. The lowest BCUT2D eigenvalue weighted by Gasteiger charge is -2.07. The molecule has 0 heterocycles. The van der Waals surface area contributed by atoms with Gasteiger partial charge in [0.15, 0.2) is 0 Å². The molecule has 0 bridgehead atoms. The molecule has 0 saturated carbocycles. The Kier molecular flexibility index (Phi) is 2.27. The van der Waals surface area contributed by atoms with Crippen LogP contribution in [-0.2, 0) is 6.18 Å². The van der Waals surface area contributed by atoms with Crippen molar-refractivity contribution in [2.24, 2.45) is 0 Å². The Bertz CT molecular complexity index is 332. The molecule has 1 aromatic rings. The van der Waals surface area contributed by atoms with Gasteiger partial charge in [-0.15, -0.1) is 0 Å². The van der Waals surface area contributed by atoms with Gasteiger partial charge < -0.3 is 5.21 Å². The summed E-state index contributed by atoms with van der Waals surface area (Å²) in [5, 5.41) is 10.6. The summed E-state index contributed by atoms with van der Waals surface area (Å²) in [6.45, 7) is 2.94. The second kappa shape index (κ2) is 3.08. The number of nitrogens with zero attached hydrogens (tertiary/aromatic N) is 1. The van der Waals surface area contributed by atoms with Crippen molar-refractivity contribution in [2.45, 2.75) is 6.18 Å². The molecular formula is C8H6F3NO. The van der Waals surface area contributed by atoms with Crippen LogP contribution in [0.1, 0.15) is 5.56 Å². The molecule has 0 fully saturated rings. The van der Waals surface area contributed by atoms with Gasteiger partial charge in [0.1, 0.15) is 6.72 Å². The van der Waals surface area contributed by atoms with Gasteiger partial charge in [-0.05, 0) is 6.07 Å². The number of halogens is 3. The zero-order valence-corrected chi connectivity index (χ0v) is 6.51. The van der Waals surface area contributed by atoms with E-state index in [1.807, 2.05) is 0 Å². The third-order valence-corrected chi connectivity index (χ3v) is 1.46. The SMILES string of the molecule is C=[N+]([O-])c1cccc(C(F)(F)F)c1. The minimum atomic E-state index is -4.42. The molecule has 13 heavy (non-hydrogen) atoms. The molecule has 0 aliphatic carbocycles. The van der Waals surface area contributed by atoms with Crippen LogP contribution in [0.25, 0.3) is 0 Å². The molecule has 0 saturated heterocycles. The first-order valence-corrected chi connectivity index (χ1v) is 3.36. The topological polar surface area (TPSA) is 26.1 Å². The predicted molar refractivity (Wildman–Crippen MR) is 41.9 cm³/mol. The van der Waals surface area contributed by atoms with Gasteiger partial charge in [-0.1, -0.05) is 6.07 Å². The minimum absolute atomic E-state index is 0.116. The van der Waals surface area contributed by atoms with E-state index in [2.05, 4.69) is 6.72 Å². The third kappa shape index (κ3) is 2.21. The zero-order chi connectivity index (χ0) is 10.1. The smallest absolute Gasteiger partial charge is 0.416 e. The van der Waals surface area contributed by atoms with E-state index in [1.54, 1.807) is 0 Å². The van der Waals surface area contributed by atoms with E-state index in [4.69, 9.17) is 0 Å². The molecule has 0 N–H and O–H groups in total. The second-order valence-electron chi connectivity index (χ2n) is 2.43. The van der Waals surface area contributed by atoms with Crippen LogP contribution in [0.2, 0.25) is 0 Å². The van der Waals surface area contributed by atoms with Crippen molar-refractivity contribution in [3.8, 4) is 0 Å².